The number of nitrogens with zero attached hydrogens (tertiary/aromatic N) is 1. The molecule has 1 fully saturated rings. The second-order valence-corrected chi connectivity index (χ2v) is 7.39. The Kier molecular flexibility index (Phi) is 6.44. The van der Waals surface area contributed by atoms with Crippen LogP contribution in [0.5, 0.6) is 5.75 Å². The summed E-state index contributed by atoms with van der Waals surface area (Å²) in [6.07, 6.45) is 3.25. The smallest absolute Gasteiger partial charge is 0.260 e. The minimum Gasteiger partial charge on any atom is -0.484 e. The Morgan fingerprint density at radius 3 is 2.54 bits per heavy atom. The van der Waals surface area contributed by atoms with Crippen molar-refractivity contribution in [2.45, 2.75) is 0 Å². The van der Waals surface area contributed by atoms with Crippen molar-refractivity contribution in [2.24, 2.45) is 0 Å². The van der Waals surface area contributed by atoms with E-state index < -0.39 is 0 Å². The largest absolute Gasteiger partial charge is 0.484 e. The van der Waals surface area contributed by atoms with Gasteiger partial charge in [0.2, 0.25) is 0 Å². The van der Waals surface area contributed by atoms with E-state index in [0.29, 0.717) is 42.0 Å². The average Bonchev–Trinajstić information content (AvgIpc) is 3.10. The third-order valence-corrected chi connectivity index (χ3v) is 5.05. The van der Waals surface area contributed by atoms with Crippen LogP contribution in [0.1, 0.15) is 15.2 Å². The van der Waals surface area contributed by atoms with Crippen LogP contribution in [0.3, 0.4) is 0 Å². The number of ketones is 1. The number of hydrogen-bond acceptors (Lipinski definition) is 5. The Hall–Kier alpha value is -2.15. The van der Waals surface area contributed by atoms with Crippen molar-refractivity contribution in [1.82, 2.24) is 4.90 Å². The first-order chi connectivity index (χ1) is 12.6. The van der Waals surface area contributed by atoms with Crippen LogP contribution >= 0.6 is 22.9 Å². The van der Waals surface area contributed by atoms with Gasteiger partial charge < -0.3 is 14.4 Å². The first-order valence-electron chi connectivity index (χ1n) is 8.18. The van der Waals surface area contributed by atoms with Gasteiger partial charge in [-0.1, -0.05) is 11.6 Å². The van der Waals surface area contributed by atoms with Crippen LogP contribution < -0.4 is 4.74 Å². The third-order valence-electron chi connectivity index (χ3n) is 3.86. The molecule has 7 heteroatoms. The number of carbonyl (C=O) groups is 2. The molecular formula is C19H18ClNO4S. The number of thiophene rings is 1. The van der Waals surface area contributed by atoms with Gasteiger partial charge in [0, 0.05) is 23.5 Å². The van der Waals surface area contributed by atoms with E-state index in [4.69, 9.17) is 21.1 Å². The molecule has 136 valence electrons. The maximum atomic E-state index is 12.2. The molecule has 0 bridgehead atoms. The number of benzene rings is 1. The van der Waals surface area contributed by atoms with Crippen LogP contribution in [-0.4, -0.2) is 49.5 Å². The molecule has 0 radical (unpaired) electrons. The van der Waals surface area contributed by atoms with Crippen LogP contribution in [0.2, 0.25) is 4.34 Å². The summed E-state index contributed by atoms with van der Waals surface area (Å²) in [5, 5.41) is 0. The summed E-state index contributed by atoms with van der Waals surface area (Å²) in [5.74, 6) is 0.383. The van der Waals surface area contributed by atoms with Crippen molar-refractivity contribution in [3.63, 3.8) is 0 Å². The summed E-state index contributed by atoms with van der Waals surface area (Å²) in [5.41, 5.74) is 0.552. The van der Waals surface area contributed by atoms with Gasteiger partial charge in [-0.15, -0.1) is 11.3 Å². The zero-order chi connectivity index (χ0) is 18.4. The molecular weight excluding hydrogens is 374 g/mol. The number of hydrogen-bond donors (Lipinski definition) is 0. The van der Waals surface area contributed by atoms with Crippen LogP contribution in [0.15, 0.2) is 42.5 Å². The number of rotatable bonds is 6. The lowest BCUT2D eigenvalue weighted by Crippen LogP contribution is -2.42. The van der Waals surface area contributed by atoms with Crippen molar-refractivity contribution in [3.8, 4) is 5.75 Å². The van der Waals surface area contributed by atoms with Crippen molar-refractivity contribution < 1.29 is 19.1 Å². The Morgan fingerprint density at radius 2 is 1.88 bits per heavy atom. The molecule has 1 aliphatic heterocycles. The molecule has 2 heterocycles. The molecule has 0 atom stereocenters. The zero-order valence-electron chi connectivity index (χ0n) is 14.0. The van der Waals surface area contributed by atoms with Gasteiger partial charge in [0.15, 0.2) is 12.4 Å². The molecule has 1 aromatic carbocycles. The van der Waals surface area contributed by atoms with E-state index in [9.17, 15) is 9.59 Å². The molecule has 0 spiro atoms. The zero-order valence-corrected chi connectivity index (χ0v) is 15.6. The fourth-order valence-electron chi connectivity index (χ4n) is 2.44. The van der Waals surface area contributed by atoms with Gasteiger partial charge in [0.1, 0.15) is 5.75 Å². The summed E-state index contributed by atoms with van der Waals surface area (Å²) in [7, 11) is 0. The average molecular weight is 392 g/mol. The van der Waals surface area contributed by atoms with Crippen molar-refractivity contribution >= 4 is 40.7 Å². The van der Waals surface area contributed by atoms with Gasteiger partial charge in [-0.25, -0.2) is 0 Å². The number of allylic oxidation sites excluding steroid dienone is 1. The lowest BCUT2D eigenvalue weighted by Gasteiger charge is -2.26. The van der Waals surface area contributed by atoms with Gasteiger partial charge in [-0.2, -0.15) is 0 Å². The predicted octanol–water partition coefficient (Wildman–Crippen LogP) is 3.54. The van der Waals surface area contributed by atoms with Crippen molar-refractivity contribution in [1.29, 1.82) is 0 Å². The molecule has 0 saturated carbocycles. The van der Waals surface area contributed by atoms with E-state index in [1.54, 1.807) is 41.3 Å². The Labute approximate surface area is 160 Å². The third kappa shape index (κ3) is 5.17. The fourth-order valence-corrected chi connectivity index (χ4v) is 3.40. The van der Waals surface area contributed by atoms with Gasteiger partial charge in [0.25, 0.3) is 5.91 Å². The summed E-state index contributed by atoms with van der Waals surface area (Å²) < 4.78 is 11.4. The summed E-state index contributed by atoms with van der Waals surface area (Å²) in [6.45, 7) is 2.29. The number of ether oxygens (including phenoxy) is 2. The first-order valence-corrected chi connectivity index (χ1v) is 9.37. The normalized spacial score (nSPS) is 14.6. The highest BCUT2D eigenvalue weighted by atomic mass is 35.5. The van der Waals surface area contributed by atoms with Crippen LogP contribution in [0.4, 0.5) is 0 Å². The van der Waals surface area contributed by atoms with E-state index in [1.807, 2.05) is 6.07 Å². The summed E-state index contributed by atoms with van der Waals surface area (Å²) in [6, 6.07) is 10.4. The molecule has 1 aliphatic rings. The highest BCUT2D eigenvalue weighted by Crippen LogP contribution is 2.22. The molecule has 3 rings (SSSR count). The quantitative estimate of drug-likeness (QED) is 0.558. The molecule has 0 N–H and O–H groups in total. The molecule has 1 amide bonds. The molecule has 0 aliphatic carbocycles. The lowest BCUT2D eigenvalue weighted by atomic mass is 10.1. The number of halogens is 1. The van der Waals surface area contributed by atoms with Gasteiger partial charge in [-0.3, -0.25) is 9.59 Å². The van der Waals surface area contributed by atoms with Crippen molar-refractivity contribution in [2.75, 3.05) is 32.9 Å². The molecule has 0 unspecified atom stereocenters. The van der Waals surface area contributed by atoms with E-state index in [-0.39, 0.29) is 18.3 Å². The molecule has 1 saturated heterocycles. The second kappa shape index (κ2) is 8.98. The summed E-state index contributed by atoms with van der Waals surface area (Å²) >= 11 is 7.28. The van der Waals surface area contributed by atoms with Crippen molar-refractivity contribution in [3.05, 3.63) is 57.3 Å². The van der Waals surface area contributed by atoms with Crippen LogP contribution in [-0.2, 0) is 9.53 Å². The number of carbonyl (C=O) groups excluding carboxylic acids is 2. The van der Waals surface area contributed by atoms with Gasteiger partial charge in [-0.05, 0) is 48.6 Å². The summed E-state index contributed by atoms with van der Waals surface area (Å²) in [4.78, 5) is 26.9. The highest BCUT2D eigenvalue weighted by Gasteiger charge is 2.17. The standard InChI is InChI=1S/C19H18ClNO4S/c20-18-8-6-16(26-18)5-7-17(22)14-1-3-15(4-2-14)25-13-19(23)21-9-11-24-12-10-21/h1-8H,9-13H2. The second-order valence-electron chi connectivity index (χ2n) is 5.65. The minimum atomic E-state index is -0.106. The predicted molar refractivity (Wildman–Crippen MR) is 102 cm³/mol. The lowest BCUT2D eigenvalue weighted by molar-refractivity contribution is -0.137. The highest BCUT2D eigenvalue weighted by molar-refractivity contribution is 7.17. The fraction of sp³-hybridized carbons (Fsp3) is 0.263. The van der Waals surface area contributed by atoms with E-state index in [2.05, 4.69) is 0 Å². The van der Waals surface area contributed by atoms with Crippen LogP contribution in [0, 0.1) is 0 Å². The minimum absolute atomic E-state index is 0.0215. The number of amides is 1. The topological polar surface area (TPSA) is 55.8 Å². The monoisotopic (exact) mass is 391 g/mol. The molecule has 2 aromatic rings. The molecule has 1 aromatic heterocycles. The van der Waals surface area contributed by atoms with Gasteiger partial charge >= 0.3 is 0 Å². The SMILES string of the molecule is O=C(C=Cc1ccc(Cl)s1)c1ccc(OCC(=O)N2CCOCC2)cc1. The number of morpholine rings is 1. The molecule has 5 nitrogen and oxygen atoms in total. The van der Waals surface area contributed by atoms with E-state index >= 15 is 0 Å². The van der Waals surface area contributed by atoms with E-state index in [0.717, 1.165) is 4.88 Å². The molecule has 26 heavy (non-hydrogen) atoms. The Morgan fingerprint density at radius 1 is 1.15 bits per heavy atom. The maximum absolute atomic E-state index is 12.2. The Balaban J connectivity index is 1.51. The first kappa shape index (κ1) is 18.6. The van der Waals surface area contributed by atoms with Gasteiger partial charge in [0.05, 0.1) is 17.6 Å². The Bertz CT molecular complexity index is 794. The maximum Gasteiger partial charge on any atom is 0.260 e. The van der Waals surface area contributed by atoms with E-state index in [1.165, 1.54) is 17.4 Å². The van der Waals surface area contributed by atoms with Crippen LogP contribution in [0.25, 0.3) is 6.08 Å².